The van der Waals surface area contributed by atoms with E-state index < -0.39 is 28.8 Å². The van der Waals surface area contributed by atoms with Crippen LogP contribution in [0.1, 0.15) is 21.5 Å². The fourth-order valence-corrected chi connectivity index (χ4v) is 3.72. The maximum Gasteiger partial charge on any atom is 0.340 e. The Hall–Kier alpha value is -3.80. The van der Waals surface area contributed by atoms with Gasteiger partial charge < -0.3 is 14.6 Å². The minimum Gasteiger partial charge on any atom is -0.465 e. The van der Waals surface area contributed by atoms with Crippen molar-refractivity contribution in [1.29, 1.82) is 0 Å². The number of hydrogen-bond acceptors (Lipinski definition) is 7. The lowest BCUT2D eigenvalue weighted by Gasteiger charge is -2.23. The molecule has 2 N–H and O–H groups in total. The summed E-state index contributed by atoms with van der Waals surface area (Å²) in [6.07, 6.45) is 0. The van der Waals surface area contributed by atoms with E-state index in [0.717, 1.165) is 9.87 Å². The summed E-state index contributed by atoms with van der Waals surface area (Å²) in [6, 6.07) is 14.9. The van der Waals surface area contributed by atoms with Crippen molar-refractivity contribution in [2.75, 3.05) is 11.4 Å². The average molecular weight is 472 g/mol. The minimum atomic E-state index is -2.50. The molecule has 0 spiro atoms. The lowest BCUT2D eigenvalue weighted by atomic mass is 10.1. The Morgan fingerprint density at radius 3 is 2.30 bits per heavy atom. The van der Waals surface area contributed by atoms with Crippen molar-refractivity contribution in [1.82, 2.24) is 0 Å². The number of rotatable bonds is 8. The topological polar surface area (TPSA) is 139 Å². The van der Waals surface area contributed by atoms with Crippen LogP contribution in [-0.4, -0.2) is 31.9 Å². The number of carbonyl (C=O) groups excluding carboxylic acids is 1. The van der Waals surface area contributed by atoms with Crippen molar-refractivity contribution in [3.8, 4) is 11.5 Å². The number of nitro groups is 1. The van der Waals surface area contributed by atoms with Crippen LogP contribution in [0.2, 0.25) is 0 Å². The molecule has 0 aliphatic rings. The second-order valence-corrected chi connectivity index (χ2v) is 7.67. The van der Waals surface area contributed by atoms with Crippen molar-refractivity contribution in [2.45, 2.75) is 13.5 Å². The van der Waals surface area contributed by atoms with Gasteiger partial charge in [0, 0.05) is 6.07 Å². The van der Waals surface area contributed by atoms with Crippen LogP contribution in [-0.2, 0) is 22.6 Å². The van der Waals surface area contributed by atoms with Gasteiger partial charge in [-0.2, -0.15) is 0 Å². The molecule has 10 nitrogen and oxygen atoms in total. The fraction of sp³-hybridized carbons (Fsp3) is 0.136. The molecule has 1 unspecified atom stereocenters. The molecule has 0 fully saturated rings. The molecular weight excluding hydrogens is 452 g/mol. The van der Waals surface area contributed by atoms with Gasteiger partial charge in [0.05, 0.1) is 41.1 Å². The van der Waals surface area contributed by atoms with Crippen LogP contribution in [0.15, 0.2) is 60.7 Å². The molecule has 1 atom stereocenters. The van der Waals surface area contributed by atoms with Crippen molar-refractivity contribution in [2.24, 2.45) is 0 Å². The molecule has 0 saturated carbocycles. The lowest BCUT2D eigenvalue weighted by Crippen LogP contribution is -2.22. The van der Waals surface area contributed by atoms with Gasteiger partial charge in [0.1, 0.15) is 11.5 Å². The summed E-state index contributed by atoms with van der Waals surface area (Å²) in [7, 11) is 1.18. The molecule has 0 aliphatic carbocycles. The molecule has 3 aromatic rings. The van der Waals surface area contributed by atoms with Crippen LogP contribution in [0.3, 0.4) is 0 Å². The summed E-state index contributed by atoms with van der Waals surface area (Å²) >= 11 is -2.50. The van der Waals surface area contributed by atoms with Gasteiger partial charge in [0.15, 0.2) is 0 Å². The summed E-state index contributed by atoms with van der Waals surface area (Å²) < 4.78 is 33.7. The molecule has 172 valence electrons. The van der Waals surface area contributed by atoms with Crippen LogP contribution >= 0.6 is 0 Å². The second kappa shape index (κ2) is 10.2. The second-order valence-electron chi connectivity index (χ2n) is 6.84. The molecule has 0 heterocycles. The molecule has 0 aliphatic heterocycles. The Labute approximate surface area is 191 Å². The van der Waals surface area contributed by atoms with E-state index >= 15 is 0 Å². The van der Waals surface area contributed by atoms with E-state index in [1.807, 2.05) is 6.92 Å². The Kier molecular flexibility index (Phi) is 7.38. The molecule has 33 heavy (non-hydrogen) atoms. The number of aliphatic hydroxyl groups excluding tert-OH is 1. The van der Waals surface area contributed by atoms with Crippen molar-refractivity contribution < 1.29 is 33.1 Å². The van der Waals surface area contributed by atoms with Crippen LogP contribution in [0, 0.1) is 17.0 Å². The van der Waals surface area contributed by atoms with Crippen molar-refractivity contribution >= 4 is 34.3 Å². The number of ether oxygens (including phenoxy) is 2. The predicted octanol–water partition coefficient (Wildman–Crippen LogP) is 4.25. The number of nitro benzene ring substituents is 1. The van der Waals surface area contributed by atoms with Gasteiger partial charge >= 0.3 is 5.97 Å². The molecule has 11 heteroatoms. The van der Waals surface area contributed by atoms with Gasteiger partial charge in [-0.1, -0.05) is 17.7 Å². The number of anilines is 2. The largest absolute Gasteiger partial charge is 0.465 e. The number of benzene rings is 3. The highest BCUT2D eigenvalue weighted by Crippen LogP contribution is 2.35. The smallest absolute Gasteiger partial charge is 0.340 e. The Morgan fingerprint density at radius 2 is 1.73 bits per heavy atom. The van der Waals surface area contributed by atoms with Crippen molar-refractivity contribution in [3.05, 3.63) is 87.5 Å². The zero-order chi connectivity index (χ0) is 24.1. The van der Waals surface area contributed by atoms with Crippen LogP contribution in [0.25, 0.3) is 0 Å². The van der Waals surface area contributed by atoms with Gasteiger partial charge in [-0.05, 0) is 49.4 Å². The van der Waals surface area contributed by atoms with E-state index in [1.54, 1.807) is 24.3 Å². The monoisotopic (exact) mass is 472 g/mol. The van der Waals surface area contributed by atoms with Crippen LogP contribution in [0.5, 0.6) is 11.5 Å². The maximum atomic E-state index is 12.5. The van der Waals surface area contributed by atoms with E-state index in [1.165, 1.54) is 43.5 Å². The predicted molar refractivity (Wildman–Crippen MR) is 121 cm³/mol. The quantitative estimate of drug-likeness (QED) is 0.215. The van der Waals surface area contributed by atoms with E-state index in [4.69, 9.17) is 9.47 Å². The first-order chi connectivity index (χ1) is 15.7. The highest BCUT2D eigenvalue weighted by molar-refractivity contribution is 7.81. The van der Waals surface area contributed by atoms with Gasteiger partial charge in [-0.15, -0.1) is 0 Å². The first-order valence-electron chi connectivity index (χ1n) is 9.51. The van der Waals surface area contributed by atoms with Gasteiger partial charge in [0.25, 0.3) is 17.0 Å². The van der Waals surface area contributed by atoms with Gasteiger partial charge in [-0.3, -0.25) is 14.7 Å². The molecule has 3 rings (SSSR count). The Morgan fingerprint density at radius 1 is 1.09 bits per heavy atom. The third-order valence-corrected chi connectivity index (χ3v) is 5.39. The molecule has 0 radical (unpaired) electrons. The zero-order valence-electron chi connectivity index (χ0n) is 17.6. The molecule has 3 aromatic carbocycles. The van der Waals surface area contributed by atoms with E-state index in [9.17, 15) is 28.8 Å². The van der Waals surface area contributed by atoms with Gasteiger partial charge in [0.2, 0.25) is 0 Å². The lowest BCUT2D eigenvalue weighted by molar-refractivity contribution is -0.385. The maximum absolute atomic E-state index is 12.5. The molecule has 0 saturated heterocycles. The number of hydrogen-bond donors (Lipinski definition) is 2. The summed E-state index contributed by atoms with van der Waals surface area (Å²) in [5.41, 5.74) is 1.20. The van der Waals surface area contributed by atoms with Crippen LogP contribution in [0.4, 0.5) is 17.1 Å². The number of aryl methyl sites for hydroxylation is 1. The molecule has 0 bridgehead atoms. The molecule has 0 amide bonds. The minimum absolute atomic E-state index is 0.0396. The van der Waals surface area contributed by atoms with Gasteiger partial charge in [-0.25, -0.2) is 13.3 Å². The third kappa shape index (κ3) is 5.34. The van der Waals surface area contributed by atoms with E-state index in [-0.39, 0.29) is 34.0 Å². The summed E-state index contributed by atoms with van der Waals surface area (Å²) in [4.78, 5) is 22.9. The first-order valence-corrected chi connectivity index (χ1v) is 10.6. The first kappa shape index (κ1) is 23.9. The highest BCUT2D eigenvalue weighted by Gasteiger charge is 2.24. The third-order valence-electron chi connectivity index (χ3n) is 4.67. The fourth-order valence-electron chi connectivity index (χ4n) is 3.09. The van der Waals surface area contributed by atoms with Crippen molar-refractivity contribution in [3.63, 3.8) is 0 Å². The zero-order valence-corrected chi connectivity index (χ0v) is 18.4. The summed E-state index contributed by atoms with van der Waals surface area (Å²) in [5.74, 6) is -0.406. The average Bonchev–Trinajstić information content (AvgIpc) is 2.80. The van der Waals surface area contributed by atoms with E-state index in [2.05, 4.69) is 0 Å². The molecular formula is C22H20N2O8S. The van der Waals surface area contributed by atoms with E-state index in [0.29, 0.717) is 5.69 Å². The molecule has 0 aromatic heterocycles. The SMILES string of the molecule is COC(=O)c1cc(Oc2ccc([N+](=O)[O-])c(CO)c2)ccc1N(c1ccc(C)cc1)S(=O)O. The Bertz CT molecular complexity index is 1210. The number of esters is 1. The summed E-state index contributed by atoms with van der Waals surface area (Å²) in [6.45, 7) is 1.31. The summed E-state index contributed by atoms with van der Waals surface area (Å²) in [5, 5.41) is 20.4. The van der Waals surface area contributed by atoms with Crippen LogP contribution < -0.4 is 9.04 Å². The number of aliphatic hydroxyl groups is 1. The Balaban J connectivity index is 2.03. The number of methoxy groups -OCH3 is 1. The number of carbonyl (C=O) groups is 1. The normalized spacial score (nSPS) is 11.5. The number of nitrogens with zero attached hydrogens (tertiary/aromatic N) is 2. The standard InChI is InChI=1S/C22H20N2O8S/c1-14-3-5-16(6-4-14)23(33(29)30)21-10-8-18(12-19(21)22(26)31-2)32-17-7-9-20(24(27)28)15(11-17)13-25/h3-12,25H,13H2,1-2H3,(H,29,30). The highest BCUT2D eigenvalue weighted by atomic mass is 32.2.